The summed E-state index contributed by atoms with van der Waals surface area (Å²) in [4.78, 5) is 8.45. The zero-order valence-electron chi connectivity index (χ0n) is 12.7. The molecule has 0 bridgehead atoms. The number of aromatic nitrogens is 3. The molecule has 112 valence electrons. The Morgan fingerprint density at radius 1 is 1.27 bits per heavy atom. The van der Waals surface area contributed by atoms with Crippen LogP contribution in [0.2, 0.25) is 0 Å². The number of rotatable bonds is 2. The van der Waals surface area contributed by atoms with Crippen LogP contribution in [-0.4, -0.2) is 28.2 Å². The first-order valence-electron chi connectivity index (χ1n) is 7.07. The first-order chi connectivity index (χ1) is 10.7. The van der Waals surface area contributed by atoms with E-state index in [-0.39, 0.29) is 0 Å². The van der Waals surface area contributed by atoms with Gasteiger partial charge in [0.05, 0.1) is 24.7 Å². The second-order valence-corrected chi connectivity index (χ2v) is 6.48. The molecule has 0 amide bonds. The molecule has 3 aromatic rings. The summed E-state index contributed by atoms with van der Waals surface area (Å²) in [6, 6.07) is 5.95. The normalized spacial score (nSPS) is 15.3. The van der Waals surface area contributed by atoms with Crippen molar-refractivity contribution in [3.63, 3.8) is 0 Å². The van der Waals surface area contributed by atoms with Crippen LogP contribution in [0.25, 0.3) is 21.8 Å². The molecule has 0 spiro atoms. The zero-order chi connectivity index (χ0) is 15.3. The molecule has 0 aliphatic carbocycles. The van der Waals surface area contributed by atoms with Gasteiger partial charge >= 0.3 is 0 Å². The molecule has 3 heterocycles. The molecule has 0 radical (unpaired) electrons. The van der Waals surface area contributed by atoms with Crippen LogP contribution >= 0.6 is 11.8 Å². The number of hydrogen-bond donors (Lipinski definition) is 1. The van der Waals surface area contributed by atoms with Crippen LogP contribution in [0.15, 0.2) is 35.0 Å². The molecule has 1 N–H and O–H groups in total. The molecule has 6 heteroatoms. The van der Waals surface area contributed by atoms with Gasteiger partial charge < -0.3 is 9.64 Å². The molecule has 22 heavy (non-hydrogen) atoms. The number of allylic oxidation sites excluding steroid dienone is 2. The minimum absolute atomic E-state index is 0.827. The fraction of sp³-hybridized carbons (Fsp3) is 0.250. The van der Waals surface area contributed by atoms with E-state index in [1.165, 1.54) is 10.6 Å². The van der Waals surface area contributed by atoms with E-state index in [1.54, 1.807) is 7.11 Å². The Morgan fingerprint density at radius 3 is 2.86 bits per heavy atom. The van der Waals surface area contributed by atoms with Crippen LogP contribution < -0.4 is 9.64 Å². The highest BCUT2D eigenvalue weighted by atomic mass is 32.2. The van der Waals surface area contributed by atoms with E-state index in [4.69, 9.17) is 9.72 Å². The molecule has 1 aromatic carbocycles. The Morgan fingerprint density at radius 2 is 2.14 bits per heavy atom. The Bertz CT molecular complexity index is 915. The van der Waals surface area contributed by atoms with Crippen molar-refractivity contribution >= 4 is 39.4 Å². The van der Waals surface area contributed by atoms with E-state index in [0.29, 0.717) is 0 Å². The first-order valence-corrected chi connectivity index (χ1v) is 8.06. The Hall–Kier alpha value is -2.21. The number of nitrogens with zero attached hydrogens (tertiary/aromatic N) is 3. The Labute approximate surface area is 132 Å². The van der Waals surface area contributed by atoms with Crippen molar-refractivity contribution in [2.45, 2.75) is 13.8 Å². The standard InChI is InChI=1S/C16H16N4OS/c1-9-10(2)22-8-20(9)16-15-13(7-17-19-15)12-6-11(21-3)4-5-14(12)18-16/h4-7H,8H2,1-3H3,(H,17,19). The lowest BCUT2D eigenvalue weighted by Crippen LogP contribution is -2.18. The van der Waals surface area contributed by atoms with Crippen LogP contribution in [0.3, 0.4) is 0 Å². The van der Waals surface area contributed by atoms with Gasteiger partial charge in [-0.1, -0.05) is 0 Å². The van der Waals surface area contributed by atoms with Crippen LogP contribution in [0, 0.1) is 0 Å². The van der Waals surface area contributed by atoms with Crippen molar-refractivity contribution < 1.29 is 4.74 Å². The van der Waals surface area contributed by atoms with Gasteiger partial charge in [-0.15, -0.1) is 11.8 Å². The summed E-state index contributed by atoms with van der Waals surface area (Å²) < 4.78 is 5.33. The maximum absolute atomic E-state index is 5.33. The summed E-state index contributed by atoms with van der Waals surface area (Å²) in [5.41, 5.74) is 3.17. The summed E-state index contributed by atoms with van der Waals surface area (Å²) in [6.07, 6.45) is 1.86. The molecule has 1 aliphatic rings. The van der Waals surface area contributed by atoms with Gasteiger partial charge in [-0.05, 0) is 32.0 Å². The second kappa shape index (κ2) is 4.91. The lowest BCUT2D eigenvalue weighted by molar-refractivity contribution is 0.415. The number of benzene rings is 1. The molecular formula is C16H16N4OS. The smallest absolute Gasteiger partial charge is 0.160 e. The monoisotopic (exact) mass is 312 g/mol. The van der Waals surface area contributed by atoms with Crippen molar-refractivity contribution in [3.05, 3.63) is 35.0 Å². The Kier molecular flexibility index (Phi) is 3.00. The quantitative estimate of drug-likeness (QED) is 0.778. The molecule has 1 aliphatic heterocycles. The highest BCUT2D eigenvalue weighted by molar-refractivity contribution is 8.03. The summed E-state index contributed by atoms with van der Waals surface area (Å²) in [5.74, 6) is 2.65. The number of aromatic amines is 1. The van der Waals surface area contributed by atoms with Crippen molar-refractivity contribution in [1.29, 1.82) is 0 Å². The van der Waals surface area contributed by atoms with E-state index < -0.39 is 0 Å². The van der Waals surface area contributed by atoms with Crippen molar-refractivity contribution in [2.24, 2.45) is 0 Å². The third-order valence-corrected chi connectivity index (χ3v) is 5.28. The third-order valence-electron chi connectivity index (χ3n) is 4.16. The van der Waals surface area contributed by atoms with Gasteiger partial charge in [0, 0.05) is 21.4 Å². The number of hydrogen-bond acceptors (Lipinski definition) is 5. The summed E-state index contributed by atoms with van der Waals surface area (Å²) in [7, 11) is 1.67. The number of ether oxygens (including phenoxy) is 1. The van der Waals surface area contributed by atoms with E-state index >= 15 is 0 Å². The predicted molar refractivity (Wildman–Crippen MR) is 91.3 cm³/mol. The summed E-state index contributed by atoms with van der Waals surface area (Å²) >= 11 is 1.84. The highest BCUT2D eigenvalue weighted by Crippen LogP contribution is 2.39. The Balaban J connectivity index is 2.01. The number of H-pyrrole nitrogens is 1. The first kappa shape index (κ1) is 13.5. The maximum atomic E-state index is 5.33. The number of pyridine rings is 1. The zero-order valence-corrected chi connectivity index (χ0v) is 13.5. The van der Waals surface area contributed by atoms with E-state index in [2.05, 4.69) is 28.9 Å². The molecule has 2 aromatic heterocycles. The van der Waals surface area contributed by atoms with Gasteiger partial charge in [0.1, 0.15) is 11.3 Å². The average molecular weight is 312 g/mol. The minimum Gasteiger partial charge on any atom is -0.497 e. The lowest BCUT2D eigenvalue weighted by atomic mass is 10.1. The van der Waals surface area contributed by atoms with Crippen LogP contribution in [0.4, 0.5) is 5.82 Å². The van der Waals surface area contributed by atoms with E-state index in [0.717, 1.165) is 39.3 Å². The molecule has 5 nitrogen and oxygen atoms in total. The highest BCUT2D eigenvalue weighted by Gasteiger charge is 2.23. The fourth-order valence-corrected chi connectivity index (χ4v) is 3.71. The van der Waals surface area contributed by atoms with Gasteiger partial charge in [-0.25, -0.2) is 4.98 Å². The van der Waals surface area contributed by atoms with Crippen molar-refractivity contribution in [3.8, 4) is 5.75 Å². The molecule has 0 atom stereocenters. The van der Waals surface area contributed by atoms with Gasteiger partial charge in [-0.2, -0.15) is 5.10 Å². The van der Waals surface area contributed by atoms with Crippen molar-refractivity contribution in [1.82, 2.24) is 15.2 Å². The number of methoxy groups -OCH3 is 1. The predicted octanol–water partition coefficient (Wildman–Crippen LogP) is 3.88. The SMILES string of the molecule is COc1ccc2nc(N3CSC(C)=C3C)c3[nH]ncc3c2c1. The maximum Gasteiger partial charge on any atom is 0.160 e. The molecule has 4 rings (SSSR count). The second-order valence-electron chi connectivity index (χ2n) is 5.32. The third kappa shape index (κ3) is 1.87. The topological polar surface area (TPSA) is 54.0 Å². The number of thioether (sulfide) groups is 1. The lowest BCUT2D eigenvalue weighted by Gasteiger charge is -2.19. The number of anilines is 1. The number of nitrogens with one attached hydrogen (secondary N) is 1. The van der Waals surface area contributed by atoms with Gasteiger partial charge in [0.25, 0.3) is 0 Å². The van der Waals surface area contributed by atoms with Crippen molar-refractivity contribution in [2.75, 3.05) is 17.9 Å². The van der Waals surface area contributed by atoms with Gasteiger partial charge in [0.15, 0.2) is 5.82 Å². The average Bonchev–Trinajstić information content (AvgIpc) is 3.15. The minimum atomic E-state index is 0.827. The number of fused-ring (bicyclic) bond motifs is 3. The largest absolute Gasteiger partial charge is 0.497 e. The summed E-state index contributed by atoms with van der Waals surface area (Å²) in [6.45, 7) is 4.29. The van der Waals surface area contributed by atoms with E-state index in [9.17, 15) is 0 Å². The molecule has 0 saturated heterocycles. The van der Waals surface area contributed by atoms with Crippen LogP contribution in [0.5, 0.6) is 5.75 Å². The molecule has 0 unspecified atom stereocenters. The molecule has 0 fully saturated rings. The van der Waals surface area contributed by atoms with Crippen LogP contribution in [-0.2, 0) is 0 Å². The summed E-state index contributed by atoms with van der Waals surface area (Å²) in [5, 5.41) is 9.45. The van der Waals surface area contributed by atoms with E-state index in [1.807, 2.05) is 36.2 Å². The molecular weight excluding hydrogens is 296 g/mol. The fourth-order valence-electron chi connectivity index (χ4n) is 2.75. The van der Waals surface area contributed by atoms with Crippen LogP contribution in [0.1, 0.15) is 13.8 Å². The van der Waals surface area contributed by atoms with Gasteiger partial charge in [-0.3, -0.25) is 5.10 Å². The van der Waals surface area contributed by atoms with Gasteiger partial charge in [0.2, 0.25) is 0 Å². The molecule has 0 saturated carbocycles.